The van der Waals surface area contributed by atoms with E-state index >= 15 is 0 Å². The molecule has 0 saturated heterocycles. The van der Waals surface area contributed by atoms with Gasteiger partial charge in [0.05, 0.1) is 11.6 Å². The summed E-state index contributed by atoms with van der Waals surface area (Å²) in [5, 5.41) is 0.377. The van der Waals surface area contributed by atoms with Gasteiger partial charge in [0.1, 0.15) is 5.69 Å². The number of anilines is 2. The van der Waals surface area contributed by atoms with Crippen molar-refractivity contribution in [3.8, 4) is 16.9 Å². The van der Waals surface area contributed by atoms with Gasteiger partial charge in [0.2, 0.25) is 5.88 Å². The number of fused-ring (bicyclic) bond motifs is 1. The van der Waals surface area contributed by atoms with Crippen molar-refractivity contribution in [3.05, 3.63) is 36.4 Å². The van der Waals surface area contributed by atoms with Crippen LogP contribution >= 0.6 is 0 Å². The summed E-state index contributed by atoms with van der Waals surface area (Å²) in [6.45, 7) is 0. The van der Waals surface area contributed by atoms with E-state index in [4.69, 9.17) is 15.9 Å². The number of pyridine rings is 1. The summed E-state index contributed by atoms with van der Waals surface area (Å²) in [6.07, 6.45) is -2.29. The van der Waals surface area contributed by atoms with Crippen LogP contribution in [0.2, 0.25) is 0 Å². The smallest absolute Gasteiger partial charge is 0.437 e. The average molecular weight is 327 g/mol. The van der Waals surface area contributed by atoms with E-state index < -0.39 is 17.9 Å². The highest BCUT2D eigenvalue weighted by Crippen LogP contribution is 2.39. The molecule has 3 aromatic rings. The number of halogens is 4. The van der Waals surface area contributed by atoms with Gasteiger partial charge in [0, 0.05) is 11.8 Å². The summed E-state index contributed by atoms with van der Waals surface area (Å²) >= 11 is 0. The van der Waals surface area contributed by atoms with Crippen molar-refractivity contribution >= 4 is 22.5 Å². The first-order valence-corrected chi connectivity index (χ1v) is 6.23. The normalized spacial score (nSPS) is 11.8. The van der Waals surface area contributed by atoms with Gasteiger partial charge in [-0.3, -0.25) is 4.98 Å². The van der Waals surface area contributed by atoms with Crippen LogP contribution in [0, 0.1) is 5.82 Å². The van der Waals surface area contributed by atoms with E-state index in [2.05, 4.69) is 9.72 Å². The Bertz CT molecular complexity index is 890. The Hall–Kier alpha value is -2.97. The Morgan fingerprint density at radius 2 is 1.87 bits per heavy atom. The Kier molecular flexibility index (Phi) is 3.28. The molecule has 120 valence electrons. The Morgan fingerprint density at radius 3 is 2.57 bits per heavy atom. The number of rotatable bonds is 2. The molecule has 4 N–H and O–H groups in total. The monoisotopic (exact) mass is 327 g/mol. The van der Waals surface area contributed by atoms with E-state index in [9.17, 15) is 17.6 Å². The summed E-state index contributed by atoms with van der Waals surface area (Å²) in [6, 6.07) is 3.04. The number of nitrogens with zero attached hydrogens (tertiary/aromatic N) is 1. The van der Waals surface area contributed by atoms with Crippen LogP contribution in [0.3, 0.4) is 0 Å². The lowest BCUT2D eigenvalue weighted by atomic mass is 10.0. The maximum atomic E-state index is 13.5. The third-order valence-electron chi connectivity index (χ3n) is 3.13. The predicted molar refractivity (Wildman–Crippen MR) is 74.9 cm³/mol. The van der Waals surface area contributed by atoms with Crippen molar-refractivity contribution in [2.24, 2.45) is 0 Å². The Balaban J connectivity index is 2.18. The first-order chi connectivity index (χ1) is 10.8. The highest BCUT2D eigenvalue weighted by atomic mass is 19.4. The zero-order chi connectivity index (χ0) is 16.8. The number of hydrogen-bond acceptors (Lipinski definition) is 5. The van der Waals surface area contributed by atoms with Gasteiger partial charge in [0.15, 0.2) is 17.1 Å². The van der Waals surface area contributed by atoms with Crippen molar-refractivity contribution < 1.29 is 26.7 Å². The van der Waals surface area contributed by atoms with Gasteiger partial charge in [0.25, 0.3) is 0 Å². The first-order valence-electron chi connectivity index (χ1n) is 6.23. The SMILES string of the molecule is Nc1oc2cncc(-c3ccc(F)c(OC(F)(F)F)c3)c2c1N. The second-order valence-electron chi connectivity index (χ2n) is 4.63. The minimum atomic E-state index is -5.01. The van der Waals surface area contributed by atoms with E-state index in [0.717, 1.165) is 12.1 Å². The lowest BCUT2D eigenvalue weighted by molar-refractivity contribution is -0.275. The van der Waals surface area contributed by atoms with Crippen molar-refractivity contribution in [1.29, 1.82) is 0 Å². The fourth-order valence-corrected chi connectivity index (χ4v) is 2.19. The molecule has 0 radical (unpaired) electrons. The van der Waals surface area contributed by atoms with Gasteiger partial charge in [-0.15, -0.1) is 13.2 Å². The van der Waals surface area contributed by atoms with Crippen LogP contribution in [0.5, 0.6) is 5.75 Å². The van der Waals surface area contributed by atoms with Crippen LogP contribution in [-0.2, 0) is 0 Å². The molecule has 0 spiro atoms. The lowest BCUT2D eigenvalue weighted by Crippen LogP contribution is -2.18. The highest BCUT2D eigenvalue weighted by Gasteiger charge is 2.32. The quantitative estimate of drug-likeness (QED) is 0.701. The molecule has 2 aromatic heterocycles. The Morgan fingerprint density at radius 1 is 1.13 bits per heavy atom. The van der Waals surface area contributed by atoms with E-state index in [1.807, 2.05) is 0 Å². The molecule has 0 fully saturated rings. The molecule has 9 heteroatoms. The van der Waals surface area contributed by atoms with Crippen LogP contribution in [0.1, 0.15) is 0 Å². The molecule has 0 unspecified atom stereocenters. The van der Waals surface area contributed by atoms with E-state index in [0.29, 0.717) is 10.9 Å². The fourth-order valence-electron chi connectivity index (χ4n) is 2.19. The standard InChI is InChI=1S/C14H9F4N3O2/c15-8-2-1-6(3-9(8)23-14(16,17)18)7-4-21-5-10-11(7)12(19)13(20)22-10/h1-5H,19-20H2. The molecule has 0 amide bonds. The summed E-state index contributed by atoms with van der Waals surface area (Å²) in [4.78, 5) is 3.91. The maximum Gasteiger partial charge on any atom is 0.573 e. The molecule has 0 aliphatic rings. The first kappa shape index (κ1) is 14.9. The topological polar surface area (TPSA) is 87.3 Å². The molecule has 0 saturated carbocycles. The van der Waals surface area contributed by atoms with Crippen LogP contribution < -0.4 is 16.2 Å². The van der Waals surface area contributed by atoms with Crippen LogP contribution in [0.15, 0.2) is 35.0 Å². The van der Waals surface area contributed by atoms with Gasteiger partial charge < -0.3 is 20.6 Å². The molecule has 5 nitrogen and oxygen atoms in total. The van der Waals surface area contributed by atoms with E-state index in [-0.39, 0.29) is 22.7 Å². The Labute approximate surface area is 126 Å². The summed E-state index contributed by atoms with van der Waals surface area (Å²) < 4.78 is 59.3. The number of benzene rings is 1. The predicted octanol–water partition coefficient (Wildman–Crippen LogP) is 3.70. The van der Waals surface area contributed by atoms with E-state index in [1.54, 1.807) is 0 Å². The summed E-state index contributed by atoms with van der Waals surface area (Å²) in [5.74, 6) is -2.14. The van der Waals surface area contributed by atoms with Crippen molar-refractivity contribution in [1.82, 2.24) is 4.98 Å². The third-order valence-corrected chi connectivity index (χ3v) is 3.13. The molecular weight excluding hydrogens is 318 g/mol. The van der Waals surface area contributed by atoms with Crippen LogP contribution in [-0.4, -0.2) is 11.3 Å². The second kappa shape index (κ2) is 5.04. The summed E-state index contributed by atoms with van der Waals surface area (Å²) in [5.41, 5.74) is 12.3. The minimum Gasteiger partial charge on any atom is -0.437 e. The van der Waals surface area contributed by atoms with Crippen LogP contribution in [0.4, 0.5) is 29.1 Å². The average Bonchev–Trinajstić information content (AvgIpc) is 2.75. The molecule has 0 aliphatic carbocycles. The zero-order valence-corrected chi connectivity index (χ0v) is 11.3. The largest absolute Gasteiger partial charge is 0.573 e. The number of alkyl halides is 3. The minimum absolute atomic E-state index is 0.0388. The van der Waals surface area contributed by atoms with Gasteiger partial charge in [-0.05, 0) is 17.7 Å². The van der Waals surface area contributed by atoms with Gasteiger partial charge in [-0.1, -0.05) is 6.07 Å². The fraction of sp³-hybridized carbons (Fsp3) is 0.0714. The molecule has 2 heterocycles. The van der Waals surface area contributed by atoms with Gasteiger partial charge in [-0.2, -0.15) is 0 Å². The van der Waals surface area contributed by atoms with Crippen molar-refractivity contribution in [3.63, 3.8) is 0 Å². The molecule has 3 rings (SSSR count). The van der Waals surface area contributed by atoms with Gasteiger partial charge in [-0.25, -0.2) is 4.39 Å². The number of aromatic nitrogens is 1. The van der Waals surface area contributed by atoms with Crippen LogP contribution in [0.25, 0.3) is 22.1 Å². The number of nitrogen functional groups attached to an aromatic ring is 2. The number of hydrogen-bond donors (Lipinski definition) is 2. The molecular formula is C14H9F4N3O2. The molecule has 1 aromatic carbocycles. The third kappa shape index (κ3) is 2.72. The van der Waals surface area contributed by atoms with E-state index in [1.165, 1.54) is 18.5 Å². The zero-order valence-electron chi connectivity index (χ0n) is 11.3. The number of nitrogens with two attached hydrogens (primary N) is 2. The molecule has 0 atom stereocenters. The maximum absolute atomic E-state index is 13.5. The molecule has 0 aliphatic heterocycles. The van der Waals surface area contributed by atoms with Crippen molar-refractivity contribution in [2.45, 2.75) is 6.36 Å². The van der Waals surface area contributed by atoms with Gasteiger partial charge >= 0.3 is 6.36 Å². The molecule has 0 bridgehead atoms. The molecule has 23 heavy (non-hydrogen) atoms. The number of ether oxygens (including phenoxy) is 1. The van der Waals surface area contributed by atoms with Crippen molar-refractivity contribution in [2.75, 3.05) is 11.5 Å². The lowest BCUT2D eigenvalue weighted by Gasteiger charge is -2.11. The number of furan rings is 1. The highest BCUT2D eigenvalue weighted by molar-refractivity contribution is 6.05. The second-order valence-corrected chi connectivity index (χ2v) is 4.63. The summed E-state index contributed by atoms with van der Waals surface area (Å²) in [7, 11) is 0.